The predicted molar refractivity (Wildman–Crippen MR) is 113 cm³/mol. The van der Waals surface area contributed by atoms with Crippen LogP contribution in [0.3, 0.4) is 0 Å². The van der Waals surface area contributed by atoms with Crippen LogP contribution in [0.5, 0.6) is 0 Å². The van der Waals surface area contributed by atoms with Crippen molar-refractivity contribution in [2.24, 2.45) is 11.7 Å². The third kappa shape index (κ3) is 5.48. The first-order valence-corrected chi connectivity index (χ1v) is 10.5. The van der Waals surface area contributed by atoms with Crippen molar-refractivity contribution in [2.45, 2.75) is 39.3 Å². The number of thiazole rings is 1. The van der Waals surface area contributed by atoms with E-state index in [9.17, 15) is 18.0 Å². The van der Waals surface area contributed by atoms with E-state index in [1.807, 2.05) is 32.0 Å². The van der Waals surface area contributed by atoms with Crippen molar-refractivity contribution in [3.8, 4) is 10.4 Å². The SMILES string of the molecule is Cc1nc(Cc2cccc(C(F)(F)F)c2)sc1-c1cccc(CCC(C)C(N)=O)c1. The predicted octanol–water partition coefficient (Wildman–Crippen LogP) is 5.78. The Balaban J connectivity index is 1.78. The molecule has 1 atom stereocenters. The summed E-state index contributed by atoms with van der Waals surface area (Å²) in [5, 5.41) is 0.773. The Morgan fingerprint density at radius 1 is 1.13 bits per heavy atom. The van der Waals surface area contributed by atoms with E-state index < -0.39 is 11.7 Å². The van der Waals surface area contributed by atoms with Crippen molar-refractivity contribution in [2.75, 3.05) is 0 Å². The smallest absolute Gasteiger partial charge is 0.369 e. The van der Waals surface area contributed by atoms with Gasteiger partial charge in [0.2, 0.25) is 5.91 Å². The van der Waals surface area contributed by atoms with Gasteiger partial charge in [-0.25, -0.2) is 4.98 Å². The van der Waals surface area contributed by atoms with Crippen LogP contribution >= 0.6 is 11.3 Å². The van der Waals surface area contributed by atoms with Crippen LogP contribution in [0.2, 0.25) is 0 Å². The number of nitrogens with two attached hydrogens (primary N) is 1. The average Bonchev–Trinajstić information content (AvgIpc) is 3.05. The normalized spacial score (nSPS) is 12.7. The largest absolute Gasteiger partial charge is 0.416 e. The lowest BCUT2D eigenvalue weighted by Crippen LogP contribution is -2.20. The van der Waals surface area contributed by atoms with E-state index in [2.05, 4.69) is 11.1 Å². The molecule has 0 radical (unpaired) electrons. The molecular formula is C23H23F3N2OS. The number of alkyl halides is 3. The third-order valence-electron chi connectivity index (χ3n) is 4.99. The maximum Gasteiger partial charge on any atom is 0.416 e. The van der Waals surface area contributed by atoms with E-state index in [0.29, 0.717) is 18.4 Å². The van der Waals surface area contributed by atoms with Crippen LogP contribution in [0.4, 0.5) is 13.2 Å². The molecule has 1 aromatic heterocycles. The van der Waals surface area contributed by atoms with Crippen LogP contribution in [-0.4, -0.2) is 10.9 Å². The molecule has 1 heterocycles. The molecule has 1 amide bonds. The molecule has 0 aliphatic rings. The summed E-state index contributed by atoms with van der Waals surface area (Å²) in [7, 11) is 0. The number of hydrogen-bond donors (Lipinski definition) is 1. The molecule has 3 rings (SSSR count). The molecule has 3 nitrogen and oxygen atoms in total. The van der Waals surface area contributed by atoms with Gasteiger partial charge in [0.25, 0.3) is 0 Å². The number of rotatable bonds is 7. The fourth-order valence-electron chi connectivity index (χ4n) is 3.22. The van der Waals surface area contributed by atoms with E-state index in [1.165, 1.54) is 23.5 Å². The lowest BCUT2D eigenvalue weighted by Gasteiger charge is -2.08. The Hall–Kier alpha value is -2.67. The second kappa shape index (κ2) is 9.00. The van der Waals surface area contributed by atoms with E-state index in [-0.39, 0.29) is 11.8 Å². The molecule has 158 valence electrons. The van der Waals surface area contributed by atoms with E-state index >= 15 is 0 Å². The number of carbonyl (C=O) groups excluding carboxylic acids is 1. The standard InChI is InChI=1S/C23H23F3N2OS/c1-14(22(27)29)9-10-16-5-3-7-18(11-16)21-15(2)28-20(30-21)13-17-6-4-8-19(12-17)23(24,25)26/h3-8,11-12,14H,9-10,13H2,1-2H3,(H2,27,29). The lowest BCUT2D eigenvalue weighted by molar-refractivity contribution is -0.137. The maximum absolute atomic E-state index is 13.0. The first kappa shape index (κ1) is 22.0. The molecule has 7 heteroatoms. The van der Waals surface area contributed by atoms with E-state index in [0.717, 1.165) is 39.2 Å². The number of nitrogens with zero attached hydrogens (tertiary/aromatic N) is 1. The molecule has 30 heavy (non-hydrogen) atoms. The van der Waals surface area contributed by atoms with Crippen molar-refractivity contribution in [3.63, 3.8) is 0 Å². The van der Waals surface area contributed by atoms with Gasteiger partial charge in [0, 0.05) is 12.3 Å². The van der Waals surface area contributed by atoms with Gasteiger partial charge in [-0.3, -0.25) is 4.79 Å². The van der Waals surface area contributed by atoms with Gasteiger partial charge in [-0.15, -0.1) is 11.3 Å². The molecule has 0 saturated carbocycles. The molecule has 0 aliphatic carbocycles. The molecule has 3 aromatic rings. The highest BCUT2D eigenvalue weighted by atomic mass is 32.1. The topological polar surface area (TPSA) is 56.0 Å². The summed E-state index contributed by atoms with van der Waals surface area (Å²) < 4.78 is 38.9. The van der Waals surface area contributed by atoms with Gasteiger partial charge in [0.1, 0.15) is 0 Å². The van der Waals surface area contributed by atoms with Crippen LogP contribution in [0.15, 0.2) is 48.5 Å². The first-order valence-electron chi connectivity index (χ1n) is 9.64. The number of aryl methyl sites for hydroxylation is 2. The van der Waals surface area contributed by atoms with Gasteiger partial charge in [-0.1, -0.05) is 49.4 Å². The Morgan fingerprint density at radius 2 is 1.83 bits per heavy atom. The highest BCUT2D eigenvalue weighted by molar-refractivity contribution is 7.15. The Morgan fingerprint density at radius 3 is 2.53 bits per heavy atom. The quantitative estimate of drug-likeness (QED) is 0.514. The molecule has 0 aliphatic heterocycles. The number of primary amides is 1. The highest BCUT2D eigenvalue weighted by Crippen LogP contribution is 2.33. The van der Waals surface area contributed by atoms with Crippen LogP contribution in [0.25, 0.3) is 10.4 Å². The molecule has 0 bridgehead atoms. The summed E-state index contributed by atoms with van der Waals surface area (Å²) in [6.07, 6.45) is -2.58. The fourth-order valence-corrected chi connectivity index (χ4v) is 4.32. The summed E-state index contributed by atoms with van der Waals surface area (Å²) in [4.78, 5) is 16.8. The van der Waals surface area contributed by atoms with Crippen LogP contribution < -0.4 is 5.73 Å². The molecule has 2 N–H and O–H groups in total. The number of benzene rings is 2. The molecule has 1 unspecified atom stereocenters. The minimum absolute atomic E-state index is 0.183. The molecule has 2 aromatic carbocycles. The monoisotopic (exact) mass is 432 g/mol. The van der Waals surface area contributed by atoms with Crippen LogP contribution in [-0.2, 0) is 23.8 Å². The fraction of sp³-hybridized carbons (Fsp3) is 0.304. The second-order valence-corrected chi connectivity index (χ2v) is 8.52. The van der Waals surface area contributed by atoms with E-state index in [4.69, 9.17) is 5.73 Å². The van der Waals surface area contributed by atoms with Crippen LogP contribution in [0, 0.1) is 12.8 Å². The molecule has 0 spiro atoms. The van der Waals surface area contributed by atoms with Gasteiger partial charge in [0.15, 0.2) is 0 Å². The van der Waals surface area contributed by atoms with Crippen molar-refractivity contribution >= 4 is 17.2 Å². The van der Waals surface area contributed by atoms with Gasteiger partial charge in [-0.2, -0.15) is 13.2 Å². The van der Waals surface area contributed by atoms with Crippen LogP contribution in [0.1, 0.15) is 40.7 Å². The van der Waals surface area contributed by atoms with Crippen molar-refractivity contribution < 1.29 is 18.0 Å². The Kier molecular flexibility index (Phi) is 6.61. The zero-order chi connectivity index (χ0) is 21.9. The summed E-state index contributed by atoms with van der Waals surface area (Å²) in [5.41, 5.74) is 8.24. The minimum Gasteiger partial charge on any atom is -0.369 e. The summed E-state index contributed by atoms with van der Waals surface area (Å²) in [6.45, 7) is 3.73. The first-order chi connectivity index (χ1) is 14.1. The zero-order valence-electron chi connectivity index (χ0n) is 16.8. The number of halogens is 3. The minimum atomic E-state index is -4.35. The molecule has 0 fully saturated rings. The zero-order valence-corrected chi connectivity index (χ0v) is 17.6. The summed E-state index contributed by atoms with van der Waals surface area (Å²) >= 11 is 1.49. The van der Waals surface area contributed by atoms with Crippen molar-refractivity contribution in [3.05, 3.63) is 75.9 Å². The average molecular weight is 433 g/mol. The second-order valence-electron chi connectivity index (χ2n) is 7.44. The van der Waals surface area contributed by atoms with Gasteiger partial charge < -0.3 is 5.73 Å². The lowest BCUT2D eigenvalue weighted by atomic mass is 9.99. The number of hydrogen-bond acceptors (Lipinski definition) is 3. The van der Waals surface area contributed by atoms with Gasteiger partial charge in [0.05, 0.1) is 21.1 Å². The van der Waals surface area contributed by atoms with Gasteiger partial charge >= 0.3 is 6.18 Å². The number of amides is 1. The highest BCUT2D eigenvalue weighted by Gasteiger charge is 2.30. The number of aromatic nitrogens is 1. The van der Waals surface area contributed by atoms with Crippen molar-refractivity contribution in [1.29, 1.82) is 0 Å². The van der Waals surface area contributed by atoms with Crippen molar-refractivity contribution in [1.82, 2.24) is 4.98 Å². The molecule has 0 saturated heterocycles. The third-order valence-corrected chi connectivity index (χ3v) is 6.20. The number of carbonyl (C=O) groups is 1. The summed E-state index contributed by atoms with van der Waals surface area (Å²) in [5.74, 6) is -0.485. The maximum atomic E-state index is 13.0. The van der Waals surface area contributed by atoms with E-state index in [1.54, 1.807) is 6.07 Å². The summed E-state index contributed by atoms with van der Waals surface area (Å²) in [6, 6.07) is 13.4. The Labute approximate surface area is 177 Å². The Bertz CT molecular complexity index is 1040. The molecular weight excluding hydrogens is 409 g/mol. The van der Waals surface area contributed by atoms with Gasteiger partial charge in [-0.05, 0) is 42.5 Å².